The maximum atomic E-state index is 6.14. The normalized spacial score (nSPS) is 20.6. The molecule has 1 aliphatic carbocycles. The van der Waals surface area contributed by atoms with Gasteiger partial charge in [-0.25, -0.2) is 0 Å². The summed E-state index contributed by atoms with van der Waals surface area (Å²) in [6.07, 6.45) is 6.31. The van der Waals surface area contributed by atoms with E-state index in [1.807, 2.05) is 0 Å². The van der Waals surface area contributed by atoms with Crippen LogP contribution in [-0.4, -0.2) is 56.2 Å². The van der Waals surface area contributed by atoms with Crippen LogP contribution < -0.4 is 4.74 Å². The minimum Gasteiger partial charge on any atom is -0.493 e. The number of likely N-dealkylation sites (N-methyl/N-ethyl adjacent to an activating group) is 1. The smallest absolute Gasteiger partial charge is 0.122 e. The molecule has 3 heteroatoms. The average molecular weight is 345 g/mol. The molecule has 2 aliphatic rings. The summed E-state index contributed by atoms with van der Waals surface area (Å²) < 4.78 is 6.14. The van der Waals surface area contributed by atoms with E-state index in [1.54, 1.807) is 0 Å². The molecule has 0 bridgehead atoms. The van der Waals surface area contributed by atoms with Gasteiger partial charge in [0.2, 0.25) is 0 Å². The van der Waals surface area contributed by atoms with Gasteiger partial charge in [0.05, 0.1) is 6.61 Å². The van der Waals surface area contributed by atoms with Crippen LogP contribution in [-0.2, 0) is 6.42 Å². The summed E-state index contributed by atoms with van der Waals surface area (Å²) in [6.45, 7) is 11.6. The van der Waals surface area contributed by atoms with Crippen LogP contribution >= 0.6 is 0 Å². The highest BCUT2D eigenvalue weighted by atomic mass is 16.5. The van der Waals surface area contributed by atoms with Crippen molar-refractivity contribution in [3.63, 3.8) is 0 Å². The number of aryl methyl sites for hydroxylation is 1. The lowest BCUT2D eigenvalue weighted by atomic mass is 9.94. The number of ether oxygens (including phenoxy) is 1. The summed E-state index contributed by atoms with van der Waals surface area (Å²) in [5, 5.41) is 0. The maximum absolute atomic E-state index is 6.14. The number of benzene rings is 1. The summed E-state index contributed by atoms with van der Waals surface area (Å²) in [7, 11) is 2.22. The zero-order valence-electron chi connectivity index (χ0n) is 16.5. The average Bonchev–Trinajstić information content (AvgIpc) is 3.46. The third-order valence-corrected chi connectivity index (χ3v) is 5.92. The van der Waals surface area contributed by atoms with Crippen molar-refractivity contribution in [2.45, 2.75) is 51.9 Å². The fourth-order valence-electron chi connectivity index (χ4n) is 3.56. The van der Waals surface area contributed by atoms with Crippen molar-refractivity contribution in [3.05, 3.63) is 29.3 Å². The lowest BCUT2D eigenvalue weighted by molar-refractivity contribution is 0.153. The Morgan fingerprint density at radius 1 is 1.16 bits per heavy atom. The SMILES string of the molecule is CCC(C)c1cc(CCCN2CCN(C)CC2)ccc1OCC1CC1. The van der Waals surface area contributed by atoms with Gasteiger partial charge < -0.3 is 14.5 Å². The highest BCUT2D eigenvalue weighted by Gasteiger charge is 2.23. The standard InChI is InChI=1S/C22H36N2O/c1-4-18(2)21-16-19(9-10-22(21)25-17-20-7-8-20)6-5-11-24-14-12-23(3)13-15-24/h9-10,16,18,20H,4-8,11-15,17H2,1-3H3. The molecule has 0 amide bonds. The molecule has 1 saturated heterocycles. The maximum Gasteiger partial charge on any atom is 0.122 e. The van der Waals surface area contributed by atoms with Crippen molar-refractivity contribution >= 4 is 0 Å². The molecule has 0 radical (unpaired) electrons. The Labute approximate surface area is 154 Å². The number of piperazine rings is 1. The van der Waals surface area contributed by atoms with Crippen LogP contribution in [0.15, 0.2) is 18.2 Å². The number of rotatable bonds is 9. The first kappa shape index (κ1) is 18.7. The Kier molecular flexibility index (Phi) is 6.77. The van der Waals surface area contributed by atoms with Crippen molar-refractivity contribution in [3.8, 4) is 5.75 Å². The van der Waals surface area contributed by atoms with Gasteiger partial charge >= 0.3 is 0 Å². The molecular weight excluding hydrogens is 308 g/mol. The van der Waals surface area contributed by atoms with E-state index in [-0.39, 0.29) is 0 Å². The topological polar surface area (TPSA) is 15.7 Å². The van der Waals surface area contributed by atoms with Crippen molar-refractivity contribution < 1.29 is 4.74 Å². The summed E-state index contributed by atoms with van der Waals surface area (Å²) in [5.74, 6) is 2.52. The van der Waals surface area contributed by atoms with E-state index in [0.717, 1.165) is 18.3 Å². The van der Waals surface area contributed by atoms with Crippen molar-refractivity contribution in [2.24, 2.45) is 5.92 Å². The predicted octanol–water partition coefficient (Wildman–Crippen LogP) is 4.17. The first-order valence-electron chi connectivity index (χ1n) is 10.3. The van der Waals surface area contributed by atoms with Gasteiger partial charge in [-0.15, -0.1) is 0 Å². The van der Waals surface area contributed by atoms with E-state index in [4.69, 9.17) is 4.74 Å². The molecule has 3 nitrogen and oxygen atoms in total. The van der Waals surface area contributed by atoms with Crippen LogP contribution in [0.3, 0.4) is 0 Å². The van der Waals surface area contributed by atoms with Crippen LogP contribution in [0, 0.1) is 5.92 Å². The zero-order valence-corrected chi connectivity index (χ0v) is 16.5. The van der Waals surface area contributed by atoms with E-state index in [9.17, 15) is 0 Å². The van der Waals surface area contributed by atoms with E-state index >= 15 is 0 Å². The Morgan fingerprint density at radius 3 is 2.60 bits per heavy atom. The predicted molar refractivity (Wildman–Crippen MR) is 106 cm³/mol. The highest BCUT2D eigenvalue weighted by Crippen LogP contribution is 2.34. The molecule has 3 rings (SSSR count). The van der Waals surface area contributed by atoms with Crippen LogP contribution in [0.2, 0.25) is 0 Å². The molecule has 2 fully saturated rings. The van der Waals surface area contributed by atoms with Crippen LogP contribution in [0.1, 0.15) is 56.6 Å². The lowest BCUT2D eigenvalue weighted by Crippen LogP contribution is -2.44. The summed E-state index contributed by atoms with van der Waals surface area (Å²) in [5.41, 5.74) is 2.89. The van der Waals surface area contributed by atoms with Gasteiger partial charge in [-0.2, -0.15) is 0 Å². The van der Waals surface area contributed by atoms with Gasteiger partial charge in [-0.3, -0.25) is 0 Å². The van der Waals surface area contributed by atoms with E-state index in [1.165, 1.54) is 76.0 Å². The van der Waals surface area contributed by atoms with Crippen LogP contribution in [0.5, 0.6) is 5.75 Å². The van der Waals surface area contributed by atoms with E-state index in [2.05, 4.69) is 48.9 Å². The molecule has 0 spiro atoms. The van der Waals surface area contributed by atoms with Crippen molar-refractivity contribution in [1.82, 2.24) is 9.80 Å². The monoisotopic (exact) mass is 344 g/mol. The Morgan fingerprint density at radius 2 is 1.92 bits per heavy atom. The molecular formula is C22H36N2O. The molecule has 1 atom stereocenters. The first-order chi connectivity index (χ1) is 12.2. The van der Waals surface area contributed by atoms with Crippen molar-refractivity contribution in [2.75, 3.05) is 46.4 Å². The number of nitrogens with zero attached hydrogens (tertiary/aromatic N) is 2. The minimum absolute atomic E-state index is 0.576. The summed E-state index contributed by atoms with van der Waals surface area (Å²) >= 11 is 0. The fraction of sp³-hybridized carbons (Fsp3) is 0.727. The second kappa shape index (κ2) is 9.05. The molecule has 25 heavy (non-hydrogen) atoms. The number of hydrogen-bond donors (Lipinski definition) is 0. The molecule has 1 aromatic rings. The largest absolute Gasteiger partial charge is 0.493 e. The second-order valence-corrected chi connectivity index (χ2v) is 8.18. The summed E-state index contributed by atoms with van der Waals surface area (Å²) in [6, 6.07) is 6.94. The molecule has 0 N–H and O–H groups in total. The first-order valence-corrected chi connectivity index (χ1v) is 10.3. The summed E-state index contributed by atoms with van der Waals surface area (Å²) in [4.78, 5) is 5.04. The van der Waals surface area contributed by atoms with E-state index < -0.39 is 0 Å². The van der Waals surface area contributed by atoms with Crippen LogP contribution in [0.4, 0.5) is 0 Å². The molecule has 1 unspecified atom stereocenters. The fourth-order valence-corrected chi connectivity index (χ4v) is 3.56. The highest BCUT2D eigenvalue weighted by molar-refractivity contribution is 5.39. The third-order valence-electron chi connectivity index (χ3n) is 5.92. The molecule has 140 valence electrons. The van der Waals surface area contributed by atoms with Crippen LogP contribution in [0.25, 0.3) is 0 Å². The molecule has 1 aliphatic heterocycles. The van der Waals surface area contributed by atoms with Gasteiger partial charge in [0.25, 0.3) is 0 Å². The Hall–Kier alpha value is -1.06. The molecule has 0 aromatic heterocycles. The second-order valence-electron chi connectivity index (χ2n) is 8.18. The minimum atomic E-state index is 0.576. The van der Waals surface area contributed by atoms with Gasteiger partial charge in [0.1, 0.15) is 5.75 Å². The number of hydrogen-bond acceptors (Lipinski definition) is 3. The van der Waals surface area contributed by atoms with E-state index in [0.29, 0.717) is 5.92 Å². The zero-order chi connectivity index (χ0) is 17.6. The molecule has 1 saturated carbocycles. The van der Waals surface area contributed by atoms with Gasteiger partial charge in [0.15, 0.2) is 0 Å². The third kappa shape index (κ3) is 5.72. The van der Waals surface area contributed by atoms with Crippen molar-refractivity contribution in [1.29, 1.82) is 0 Å². The molecule has 1 aromatic carbocycles. The quantitative estimate of drug-likeness (QED) is 0.669. The van der Waals surface area contributed by atoms with Gasteiger partial charge in [-0.05, 0) is 74.7 Å². The van der Waals surface area contributed by atoms with Gasteiger partial charge in [0, 0.05) is 26.2 Å². The van der Waals surface area contributed by atoms with Gasteiger partial charge in [-0.1, -0.05) is 26.0 Å². The Bertz CT molecular complexity index is 533. The Balaban J connectivity index is 1.53. The lowest BCUT2D eigenvalue weighted by Gasteiger charge is -2.32. The molecule has 1 heterocycles.